The lowest BCUT2D eigenvalue weighted by Crippen LogP contribution is -2.23. The molecule has 0 bridgehead atoms. The van der Waals surface area contributed by atoms with Crippen molar-refractivity contribution in [3.63, 3.8) is 0 Å². The molecule has 0 atom stereocenters. The minimum absolute atomic E-state index is 0.105. The molecule has 0 saturated heterocycles. The van der Waals surface area contributed by atoms with Gasteiger partial charge < -0.3 is 10.1 Å². The number of amides is 1. The molecule has 9 nitrogen and oxygen atoms in total. The summed E-state index contributed by atoms with van der Waals surface area (Å²) in [5.41, 5.74) is 1.34. The van der Waals surface area contributed by atoms with Crippen molar-refractivity contribution in [3.05, 3.63) is 60.3 Å². The van der Waals surface area contributed by atoms with Gasteiger partial charge in [-0.2, -0.15) is 10.2 Å². The van der Waals surface area contributed by atoms with Crippen molar-refractivity contribution in [1.29, 1.82) is 0 Å². The number of carbonyl (C=O) groups is 2. The van der Waals surface area contributed by atoms with Crippen LogP contribution in [0.3, 0.4) is 0 Å². The van der Waals surface area contributed by atoms with Gasteiger partial charge in [-0.25, -0.2) is 19.1 Å². The molecule has 0 aliphatic carbocycles. The summed E-state index contributed by atoms with van der Waals surface area (Å²) in [5, 5.41) is 10.8. The van der Waals surface area contributed by atoms with Gasteiger partial charge in [0.05, 0.1) is 18.3 Å². The Bertz CT molecular complexity index is 900. The van der Waals surface area contributed by atoms with Crippen LogP contribution in [0.25, 0.3) is 0 Å². The van der Waals surface area contributed by atoms with E-state index in [4.69, 9.17) is 4.74 Å². The van der Waals surface area contributed by atoms with Gasteiger partial charge in [-0.05, 0) is 31.5 Å². The first-order valence-electron chi connectivity index (χ1n) is 8.45. The van der Waals surface area contributed by atoms with Crippen LogP contribution in [0.2, 0.25) is 0 Å². The van der Waals surface area contributed by atoms with Gasteiger partial charge in [0.2, 0.25) is 0 Å². The molecule has 140 valence electrons. The molecular weight excluding hydrogens is 348 g/mol. The molecule has 3 aromatic rings. The fraction of sp³-hybridized carbons (Fsp3) is 0.278. The van der Waals surface area contributed by atoms with Crippen molar-refractivity contribution in [3.8, 4) is 0 Å². The van der Waals surface area contributed by atoms with E-state index >= 15 is 0 Å². The Morgan fingerprint density at radius 3 is 2.59 bits per heavy atom. The molecule has 0 saturated carbocycles. The summed E-state index contributed by atoms with van der Waals surface area (Å²) in [6, 6.07) is 8.71. The van der Waals surface area contributed by atoms with Gasteiger partial charge in [-0.1, -0.05) is 12.1 Å². The van der Waals surface area contributed by atoms with Gasteiger partial charge in [-0.15, -0.1) is 0 Å². The third-order valence-electron chi connectivity index (χ3n) is 3.76. The van der Waals surface area contributed by atoms with Crippen molar-refractivity contribution in [2.45, 2.75) is 26.4 Å². The van der Waals surface area contributed by atoms with Gasteiger partial charge in [0.15, 0.2) is 6.61 Å². The maximum Gasteiger partial charge on any atom is 0.338 e. The molecule has 0 unspecified atom stereocenters. The van der Waals surface area contributed by atoms with E-state index in [1.165, 1.54) is 6.33 Å². The fourth-order valence-corrected chi connectivity index (χ4v) is 2.47. The topological polar surface area (TPSA) is 104 Å². The van der Waals surface area contributed by atoms with Gasteiger partial charge in [-0.3, -0.25) is 4.79 Å². The Labute approximate surface area is 156 Å². The number of benzene rings is 1. The number of hydrogen-bond donors (Lipinski definition) is 1. The number of anilines is 1. The van der Waals surface area contributed by atoms with Crippen LogP contribution in [0, 0.1) is 0 Å². The Kier molecular flexibility index (Phi) is 5.60. The normalized spacial score (nSPS) is 10.8. The van der Waals surface area contributed by atoms with Crippen LogP contribution < -0.4 is 5.32 Å². The lowest BCUT2D eigenvalue weighted by Gasteiger charge is -2.12. The number of rotatable bonds is 7. The molecule has 0 spiro atoms. The van der Waals surface area contributed by atoms with E-state index in [1.54, 1.807) is 52.2 Å². The number of aromatic nitrogens is 5. The zero-order chi connectivity index (χ0) is 19.2. The summed E-state index contributed by atoms with van der Waals surface area (Å²) in [7, 11) is 0. The van der Waals surface area contributed by atoms with E-state index in [1.807, 2.05) is 13.8 Å². The van der Waals surface area contributed by atoms with Crippen LogP contribution in [0.4, 0.5) is 5.82 Å². The molecule has 9 heteroatoms. The lowest BCUT2D eigenvalue weighted by molar-refractivity contribution is -0.119. The van der Waals surface area contributed by atoms with E-state index in [0.717, 1.165) is 5.56 Å². The highest BCUT2D eigenvalue weighted by Crippen LogP contribution is 2.13. The Hall–Kier alpha value is -3.49. The number of nitrogens with one attached hydrogen (secondary N) is 1. The largest absolute Gasteiger partial charge is 0.452 e. The summed E-state index contributed by atoms with van der Waals surface area (Å²) in [4.78, 5) is 28.0. The average molecular weight is 368 g/mol. The highest BCUT2D eigenvalue weighted by atomic mass is 16.5. The number of esters is 1. The molecule has 1 N–H and O–H groups in total. The first-order chi connectivity index (χ1) is 13.0. The highest BCUT2D eigenvalue weighted by molar-refractivity contribution is 5.95. The number of nitrogens with zero attached hydrogens (tertiary/aromatic N) is 5. The summed E-state index contributed by atoms with van der Waals surface area (Å²) < 4.78 is 8.43. The molecule has 0 aliphatic heterocycles. The van der Waals surface area contributed by atoms with Gasteiger partial charge in [0.1, 0.15) is 18.5 Å². The van der Waals surface area contributed by atoms with Crippen molar-refractivity contribution >= 4 is 17.7 Å². The minimum atomic E-state index is -0.560. The zero-order valence-electron chi connectivity index (χ0n) is 15.1. The van der Waals surface area contributed by atoms with Crippen LogP contribution in [0.15, 0.2) is 49.2 Å². The third kappa shape index (κ3) is 4.78. The summed E-state index contributed by atoms with van der Waals surface area (Å²) in [5.74, 6) is -0.424. The summed E-state index contributed by atoms with van der Waals surface area (Å²) >= 11 is 0. The fourth-order valence-electron chi connectivity index (χ4n) is 2.47. The van der Waals surface area contributed by atoms with Gasteiger partial charge in [0, 0.05) is 12.1 Å². The van der Waals surface area contributed by atoms with Crippen LogP contribution in [0.1, 0.15) is 35.8 Å². The molecule has 1 amide bonds. The average Bonchev–Trinajstić information content (AvgIpc) is 3.32. The second-order valence-corrected chi connectivity index (χ2v) is 6.17. The monoisotopic (exact) mass is 368 g/mol. The van der Waals surface area contributed by atoms with E-state index in [-0.39, 0.29) is 12.6 Å². The first kappa shape index (κ1) is 18.3. The maximum absolute atomic E-state index is 12.1. The lowest BCUT2D eigenvalue weighted by atomic mass is 10.1. The standard InChI is InChI=1S/C18H20N6O3/c1-13(2)24-16(7-8-20-24)22-17(25)10-27-18(26)15-5-3-14(4-6-15)9-23-12-19-11-21-23/h3-8,11-13H,9-10H2,1-2H3,(H,22,25). The molecule has 2 aromatic heterocycles. The summed E-state index contributed by atoms with van der Waals surface area (Å²) in [6.45, 7) is 4.09. The van der Waals surface area contributed by atoms with Crippen molar-refractivity contribution < 1.29 is 14.3 Å². The van der Waals surface area contributed by atoms with Gasteiger partial charge in [0.25, 0.3) is 5.91 Å². The molecule has 2 heterocycles. The summed E-state index contributed by atoms with van der Waals surface area (Å²) in [6.07, 6.45) is 4.68. The SMILES string of the molecule is CC(C)n1nccc1NC(=O)COC(=O)c1ccc(Cn2cncn2)cc1. The van der Waals surface area contributed by atoms with E-state index < -0.39 is 11.9 Å². The number of carbonyl (C=O) groups excluding carboxylic acids is 2. The van der Waals surface area contributed by atoms with Gasteiger partial charge >= 0.3 is 5.97 Å². The van der Waals surface area contributed by atoms with Crippen LogP contribution in [-0.4, -0.2) is 43.0 Å². The predicted octanol–water partition coefficient (Wildman–Crippen LogP) is 1.90. The molecule has 0 aliphatic rings. The van der Waals surface area contributed by atoms with Crippen molar-refractivity contribution in [2.75, 3.05) is 11.9 Å². The third-order valence-corrected chi connectivity index (χ3v) is 3.76. The van der Waals surface area contributed by atoms with Crippen LogP contribution >= 0.6 is 0 Å². The van der Waals surface area contributed by atoms with Crippen LogP contribution in [0.5, 0.6) is 0 Å². The molecular formula is C18H20N6O3. The molecule has 0 fully saturated rings. The second kappa shape index (κ2) is 8.26. The van der Waals surface area contributed by atoms with E-state index in [0.29, 0.717) is 17.9 Å². The molecule has 1 aromatic carbocycles. The quantitative estimate of drug-likeness (QED) is 0.639. The van der Waals surface area contributed by atoms with E-state index in [2.05, 4.69) is 20.5 Å². The van der Waals surface area contributed by atoms with Crippen molar-refractivity contribution in [2.24, 2.45) is 0 Å². The second-order valence-electron chi connectivity index (χ2n) is 6.17. The number of hydrogen-bond acceptors (Lipinski definition) is 6. The first-order valence-corrected chi connectivity index (χ1v) is 8.45. The molecule has 27 heavy (non-hydrogen) atoms. The van der Waals surface area contributed by atoms with E-state index in [9.17, 15) is 9.59 Å². The highest BCUT2D eigenvalue weighted by Gasteiger charge is 2.13. The smallest absolute Gasteiger partial charge is 0.338 e. The predicted molar refractivity (Wildman–Crippen MR) is 97.1 cm³/mol. The van der Waals surface area contributed by atoms with Crippen LogP contribution in [-0.2, 0) is 16.1 Å². The maximum atomic E-state index is 12.1. The minimum Gasteiger partial charge on any atom is -0.452 e. The Morgan fingerprint density at radius 2 is 1.93 bits per heavy atom. The molecule has 3 rings (SSSR count). The molecule has 0 radical (unpaired) electrons. The Balaban J connectivity index is 1.51. The zero-order valence-corrected chi connectivity index (χ0v) is 15.1. The Morgan fingerprint density at radius 1 is 1.15 bits per heavy atom. The van der Waals surface area contributed by atoms with Crippen molar-refractivity contribution in [1.82, 2.24) is 24.5 Å². The number of ether oxygens (including phenoxy) is 1.